The van der Waals surface area contributed by atoms with Crippen LogP contribution in [0.2, 0.25) is 0 Å². The van der Waals surface area contributed by atoms with Crippen LogP contribution in [0.15, 0.2) is 18.6 Å². The minimum Gasteiger partial charge on any atom is -0.382 e. The van der Waals surface area contributed by atoms with Gasteiger partial charge in [0.05, 0.1) is 30.6 Å². The maximum absolute atomic E-state index is 6.18. The lowest BCUT2D eigenvalue weighted by Crippen LogP contribution is -2.29. The maximum Gasteiger partial charge on any atom is 0.151 e. The Kier molecular flexibility index (Phi) is 5.22. The number of pyridine rings is 1. The quantitative estimate of drug-likeness (QED) is 0.588. The summed E-state index contributed by atoms with van der Waals surface area (Å²) < 4.78 is 7.58. The van der Waals surface area contributed by atoms with Crippen molar-refractivity contribution in [3.05, 3.63) is 24.3 Å². The minimum atomic E-state index is 0.257. The highest BCUT2D eigenvalue weighted by molar-refractivity contribution is 5.96. The van der Waals surface area contributed by atoms with Crippen molar-refractivity contribution in [2.45, 2.75) is 44.7 Å². The molecule has 5 rings (SSSR count). The molecule has 0 bridgehead atoms. The highest BCUT2D eigenvalue weighted by atomic mass is 16.5. The number of piperidine rings is 1. The molecule has 30 heavy (non-hydrogen) atoms. The summed E-state index contributed by atoms with van der Waals surface area (Å²) in [4.78, 5) is 14.2. The van der Waals surface area contributed by atoms with Crippen molar-refractivity contribution in [1.82, 2.24) is 30.0 Å². The van der Waals surface area contributed by atoms with Gasteiger partial charge in [0.1, 0.15) is 16.9 Å². The zero-order chi connectivity index (χ0) is 20.5. The van der Waals surface area contributed by atoms with Gasteiger partial charge in [0.2, 0.25) is 0 Å². The fraction of sp³-hybridized carbons (Fsp3) is 0.524. The standard InChI is InChI=1S/C21H28N8O/c1-2-17-21(26-14-5-8-30-12-14)28-18-16(10-24-20(22)19(18)27-17)13-9-25-29(11-13)15-3-6-23-7-4-15/h9-11,14-15,23H,2-8,12H2,1H3,(H2,22,24)(H,26,28)/t14-/m1/s1. The van der Waals surface area contributed by atoms with Gasteiger partial charge in [-0.2, -0.15) is 5.10 Å². The van der Waals surface area contributed by atoms with Crippen LogP contribution in [-0.4, -0.2) is 57.1 Å². The number of anilines is 2. The van der Waals surface area contributed by atoms with E-state index < -0.39 is 0 Å². The van der Waals surface area contributed by atoms with Crippen molar-refractivity contribution in [2.75, 3.05) is 37.4 Å². The Morgan fingerprint density at radius 3 is 2.83 bits per heavy atom. The summed E-state index contributed by atoms with van der Waals surface area (Å²) in [5, 5.41) is 11.6. The predicted octanol–water partition coefficient (Wildman–Crippen LogP) is 2.16. The molecule has 4 N–H and O–H groups in total. The summed E-state index contributed by atoms with van der Waals surface area (Å²) in [6.45, 7) is 5.59. The van der Waals surface area contributed by atoms with E-state index >= 15 is 0 Å². The molecular formula is C21H28N8O. The van der Waals surface area contributed by atoms with Gasteiger partial charge in [0.15, 0.2) is 5.82 Å². The Morgan fingerprint density at radius 2 is 2.07 bits per heavy atom. The number of fused-ring (bicyclic) bond motifs is 1. The first-order valence-corrected chi connectivity index (χ1v) is 10.8. The molecule has 1 atom stereocenters. The van der Waals surface area contributed by atoms with E-state index in [1.165, 1.54) is 0 Å². The van der Waals surface area contributed by atoms with Gasteiger partial charge in [-0.25, -0.2) is 15.0 Å². The SMILES string of the molecule is CCc1nc2c(N)ncc(-c3cnn(C4CCNCC4)c3)c2nc1N[C@@H]1CCOC1. The molecule has 3 aromatic heterocycles. The summed E-state index contributed by atoms with van der Waals surface area (Å²) in [6, 6.07) is 0.678. The lowest BCUT2D eigenvalue weighted by atomic mass is 10.1. The fourth-order valence-electron chi connectivity index (χ4n) is 4.26. The van der Waals surface area contributed by atoms with E-state index in [0.717, 1.165) is 73.5 Å². The lowest BCUT2D eigenvalue weighted by Gasteiger charge is -2.22. The second-order valence-electron chi connectivity index (χ2n) is 8.02. The summed E-state index contributed by atoms with van der Waals surface area (Å²) >= 11 is 0. The topological polar surface area (TPSA) is 116 Å². The molecule has 2 fully saturated rings. The normalized spacial score (nSPS) is 20.1. The van der Waals surface area contributed by atoms with Crippen LogP contribution in [0, 0.1) is 0 Å². The average molecular weight is 409 g/mol. The largest absolute Gasteiger partial charge is 0.382 e. The third kappa shape index (κ3) is 3.59. The number of aryl methyl sites for hydroxylation is 1. The number of nitrogens with one attached hydrogen (secondary N) is 2. The number of hydrogen-bond donors (Lipinski definition) is 3. The first-order valence-electron chi connectivity index (χ1n) is 10.8. The smallest absolute Gasteiger partial charge is 0.151 e. The number of hydrogen-bond acceptors (Lipinski definition) is 8. The number of aromatic nitrogens is 5. The molecule has 2 aliphatic rings. The summed E-state index contributed by atoms with van der Waals surface area (Å²) in [5.74, 6) is 1.20. The highest BCUT2D eigenvalue weighted by Gasteiger charge is 2.21. The molecule has 0 aromatic carbocycles. The average Bonchev–Trinajstić information content (AvgIpc) is 3.47. The summed E-state index contributed by atoms with van der Waals surface area (Å²) in [7, 11) is 0. The first-order chi connectivity index (χ1) is 14.7. The van der Waals surface area contributed by atoms with Gasteiger partial charge in [-0.15, -0.1) is 0 Å². The van der Waals surface area contributed by atoms with Gasteiger partial charge >= 0.3 is 0 Å². The van der Waals surface area contributed by atoms with Crippen molar-refractivity contribution < 1.29 is 4.74 Å². The van der Waals surface area contributed by atoms with E-state index in [-0.39, 0.29) is 6.04 Å². The van der Waals surface area contributed by atoms with Crippen molar-refractivity contribution in [3.8, 4) is 11.1 Å². The second-order valence-corrected chi connectivity index (χ2v) is 8.02. The number of nitrogen functional groups attached to an aromatic ring is 1. The van der Waals surface area contributed by atoms with Gasteiger partial charge in [-0.3, -0.25) is 4.68 Å². The first kappa shape index (κ1) is 19.2. The summed E-state index contributed by atoms with van der Waals surface area (Å²) in [5.41, 5.74) is 10.4. The van der Waals surface area contributed by atoms with E-state index in [1.54, 1.807) is 6.20 Å². The van der Waals surface area contributed by atoms with Gasteiger partial charge in [0.25, 0.3) is 0 Å². The number of rotatable bonds is 5. The van der Waals surface area contributed by atoms with Crippen molar-refractivity contribution in [2.24, 2.45) is 0 Å². The van der Waals surface area contributed by atoms with Crippen molar-refractivity contribution in [3.63, 3.8) is 0 Å². The van der Waals surface area contributed by atoms with Crippen LogP contribution in [0.25, 0.3) is 22.2 Å². The molecule has 0 saturated carbocycles. The van der Waals surface area contributed by atoms with Crippen LogP contribution in [0.4, 0.5) is 11.6 Å². The van der Waals surface area contributed by atoms with Crippen LogP contribution in [0.3, 0.4) is 0 Å². The van der Waals surface area contributed by atoms with Gasteiger partial charge in [-0.1, -0.05) is 6.92 Å². The van der Waals surface area contributed by atoms with Crippen LogP contribution < -0.4 is 16.4 Å². The minimum absolute atomic E-state index is 0.257. The predicted molar refractivity (Wildman–Crippen MR) is 116 cm³/mol. The second kappa shape index (κ2) is 8.16. The Bertz CT molecular complexity index is 1040. The molecule has 0 radical (unpaired) electrons. The van der Waals surface area contributed by atoms with Crippen molar-refractivity contribution >= 4 is 22.7 Å². The Balaban J connectivity index is 1.56. The van der Waals surface area contributed by atoms with Crippen LogP contribution >= 0.6 is 0 Å². The monoisotopic (exact) mass is 408 g/mol. The number of nitrogens with zero attached hydrogens (tertiary/aromatic N) is 5. The molecule has 9 heteroatoms. The van der Waals surface area contributed by atoms with Gasteiger partial charge in [-0.05, 0) is 38.8 Å². The summed E-state index contributed by atoms with van der Waals surface area (Å²) in [6.07, 6.45) is 9.66. The lowest BCUT2D eigenvalue weighted by molar-refractivity contribution is 0.195. The Labute approximate surface area is 175 Å². The molecule has 5 heterocycles. The third-order valence-corrected chi connectivity index (χ3v) is 6.00. The van der Waals surface area contributed by atoms with Crippen molar-refractivity contribution in [1.29, 1.82) is 0 Å². The van der Waals surface area contributed by atoms with Gasteiger partial charge in [0, 0.05) is 30.1 Å². The number of ether oxygens (including phenoxy) is 1. The highest BCUT2D eigenvalue weighted by Crippen LogP contribution is 2.31. The molecule has 9 nitrogen and oxygen atoms in total. The maximum atomic E-state index is 6.18. The number of nitrogens with two attached hydrogens (primary N) is 1. The Morgan fingerprint density at radius 1 is 1.20 bits per heavy atom. The molecule has 2 saturated heterocycles. The molecule has 158 valence electrons. The van der Waals surface area contributed by atoms with Crippen LogP contribution in [0.5, 0.6) is 0 Å². The zero-order valence-corrected chi connectivity index (χ0v) is 17.3. The fourth-order valence-corrected chi connectivity index (χ4v) is 4.26. The van der Waals surface area contributed by atoms with E-state index in [9.17, 15) is 0 Å². The van der Waals surface area contributed by atoms with E-state index in [0.29, 0.717) is 24.0 Å². The molecule has 0 aliphatic carbocycles. The van der Waals surface area contributed by atoms with Crippen LogP contribution in [0.1, 0.15) is 37.9 Å². The van der Waals surface area contributed by atoms with E-state index in [4.69, 9.17) is 20.4 Å². The van der Waals surface area contributed by atoms with Gasteiger partial charge < -0.3 is 21.1 Å². The molecular weight excluding hydrogens is 380 g/mol. The van der Waals surface area contributed by atoms with E-state index in [1.807, 2.05) is 6.20 Å². The zero-order valence-electron chi connectivity index (χ0n) is 17.3. The molecule has 0 spiro atoms. The molecule has 2 aliphatic heterocycles. The third-order valence-electron chi connectivity index (χ3n) is 6.00. The molecule has 3 aromatic rings. The molecule has 0 unspecified atom stereocenters. The Hall–Kier alpha value is -2.78. The van der Waals surface area contributed by atoms with E-state index in [2.05, 4.69) is 38.5 Å². The van der Waals surface area contributed by atoms with Crippen LogP contribution in [-0.2, 0) is 11.2 Å². The molecule has 0 amide bonds.